The van der Waals surface area contributed by atoms with Gasteiger partial charge in [0.2, 0.25) is 11.8 Å². The van der Waals surface area contributed by atoms with E-state index < -0.39 is 0 Å². The molecule has 0 aliphatic rings. The minimum absolute atomic E-state index is 0.132. The molecule has 3 aromatic rings. The maximum absolute atomic E-state index is 12.1. The van der Waals surface area contributed by atoms with Crippen LogP contribution in [0.1, 0.15) is 30.4 Å². The van der Waals surface area contributed by atoms with Gasteiger partial charge in [-0.1, -0.05) is 23.4 Å². The topological polar surface area (TPSA) is 96.7 Å². The molecule has 2 aromatic heterocycles. The van der Waals surface area contributed by atoms with Crippen LogP contribution in [0.5, 0.6) is 0 Å². The smallest absolute Gasteiger partial charge is 0.248 e. The highest BCUT2D eigenvalue weighted by atomic mass is 16.5. The predicted octanol–water partition coefficient (Wildman–Crippen LogP) is 1.67. The molecule has 21 heavy (non-hydrogen) atoms. The van der Waals surface area contributed by atoms with Crippen LogP contribution in [0.4, 0.5) is 0 Å². The zero-order chi connectivity index (χ0) is 14.8. The van der Waals surface area contributed by atoms with Crippen molar-refractivity contribution in [3.63, 3.8) is 0 Å². The Morgan fingerprint density at radius 2 is 2.24 bits per heavy atom. The minimum Gasteiger partial charge on any atom is -0.344 e. The summed E-state index contributed by atoms with van der Waals surface area (Å²) in [4.78, 5) is 16.2. The van der Waals surface area contributed by atoms with Gasteiger partial charge in [-0.2, -0.15) is 10.1 Å². The number of carbonyl (C=O) groups is 1. The molecule has 0 bridgehead atoms. The van der Waals surface area contributed by atoms with Gasteiger partial charge in [0.1, 0.15) is 6.04 Å². The molecule has 0 aliphatic carbocycles. The highest BCUT2D eigenvalue weighted by molar-refractivity contribution is 5.87. The van der Waals surface area contributed by atoms with E-state index in [1.807, 2.05) is 24.3 Å². The van der Waals surface area contributed by atoms with E-state index in [4.69, 9.17) is 4.52 Å². The van der Waals surface area contributed by atoms with Gasteiger partial charge in [0.25, 0.3) is 0 Å². The molecule has 7 heteroatoms. The van der Waals surface area contributed by atoms with Gasteiger partial charge < -0.3 is 9.84 Å². The van der Waals surface area contributed by atoms with E-state index >= 15 is 0 Å². The van der Waals surface area contributed by atoms with Crippen molar-refractivity contribution >= 4 is 16.8 Å². The molecule has 3 rings (SSSR count). The summed E-state index contributed by atoms with van der Waals surface area (Å²) in [6, 6.07) is 7.34. The number of aryl methyl sites for hydroxylation is 1. The number of carbonyl (C=O) groups excluding carboxylic acids is 1. The van der Waals surface area contributed by atoms with Crippen LogP contribution in [0.2, 0.25) is 0 Å². The lowest BCUT2D eigenvalue weighted by atomic mass is 10.1. The molecular weight excluding hydrogens is 270 g/mol. The average Bonchev–Trinajstić information content (AvgIpc) is 3.06. The van der Waals surface area contributed by atoms with Crippen molar-refractivity contribution < 1.29 is 9.32 Å². The standard InChI is InChI=1S/C14H15N5O2/c1-8(14-16-9(2)19-21-14)15-13(20)7-12-10-5-3-4-6-11(10)17-18-12/h3-6,8H,7H2,1-2H3,(H,15,20)(H,17,18)/t8-/m0/s1. The second kappa shape index (κ2) is 5.35. The van der Waals surface area contributed by atoms with Gasteiger partial charge in [-0.25, -0.2) is 0 Å². The Morgan fingerprint density at radius 1 is 1.43 bits per heavy atom. The van der Waals surface area contributed by atoms with Crippen LogP contribution in [0.25, 0.3) is 10.9 Å². The van der Waals surface area contributed by atoms with Crippen molar-refractivity contribution in [1.29, 1.82) is 0 Å². The van der Waals surface area contributed by atoms with Crippen molar-refractivity contribution in [3.8, 4) is 0 Å². The molecule has 1 aromatic carbocycles. The van der Waals surface area contributed by atoms with E-state index in [-0.39, 0.29) is 18.4 Å². The minimum atomic E-state index is -0.326. The van der Waals surface area contributed by atoms with Crippen LogP contribution in [0, 0.1) is 6.92 Å². The molecule has 0 unspecified atom stereocenters. The van der Waals surface area contributed by atoms with E-state index in [0.29, 0.717) is 11.7 Å². The zero-order valence-corrected chi connectivity index (χ0v) is 11.8. The molecular formula is C14H15N5O2. The lowest BCUT2D eigenvalue weighted by Crippen LogP contribution is -2.28. The van der Waals surface area contributed by atoms with E-state index in [1.54, 1.807) is 13.8 Å². The van der Waals surface area contributed by atoms with Crippen LogP contribution < -0.4 is 5.32 Å². The first-order valence-electron chi connectivity index (χ1n) is 6.65. The van der Waals surface area contributed by atoms with Crippen LogP contribution in [0.15, 0.2) is 28.8 Å². The lowest BCUT2D eigenvalue weighted by molar-refractivity contribution is -0.121. The third-order valence-electron chi connectivity index (χ3n) is 3.17. The summed E-state index contributed by atoms with van der Waals surface area (Å²) < 4.78 is 5.04. The average molecular weight is 285 g/mol. The van der Waals surface area contributed by atoms with Crippen LogP contribution in [-0.4, -0.2) is 26.2 Å². The van der Waals surface area contributed by atoms with Crippen LogP contribution in [0.3, 0.4) is 0 Å². The Labute approximate surface area is 120 Å². The highest BCUT2D eigenvalue weighted by Gasteiger charge is 2.17. The van der Waals surface area contributed by atoms with Gasteiger partial charge in [-0.05, 0) is 19.9 Å². The summed E-state index contributed by atoms with van der Waals surface area (Å²) in [7, 11) is 0. The molecule has 1 atom stereocenters. The number of aromatic nitrogens is 4. The first-order valence-corrected chi connectivity index (χ1v) is 6.65. The molecule has 0 radical (unpaired) electrons. The molecule has 2 heterocycles. The maximum atomic E-state index is 12.1. The first-order chi connectivity index (χ1) is 10.1. The number of rotatable bonds is 4. The van der Waals surface area contributed by atoms with E-state index in [2.05, 4.69) is 25.7 Å². The predicted molar refractivity (Wildman–Crippen MR) is 75.4 cm³/mol. The van der Waals surface area contributed by atoms with Crippen molar-refractivity contribution in [2.75, 3.05) is 0 Å². The van der Waals surface area contributed by atoms with E-state index in [1.165, 1.54) is 0 Å². The van der Waals surface area contributed by atoms with Crippen molar-refractivity contribution in [2.24, 2.45) is 0 Å². The SMILES string of the molecule is Cc1noc([C@H](C)NC(=O)Cc2[nH]nc3ccccc23)n1. The summed E-state index contributed by atoms with van der Waals surface area (Å²) in [5.41, 5.74) is 1.64. The number of amides is 1. The molecule has 108 valence electrons. The van der Waals surface area contributed by atoms with Gasteiger partial charge in [-0.3, -0.25) is 9.89 Å². The van der Waals surface area contributed by atoms with Gasteiger partial charge in [0.05, 0.1) is 17.6 Å². The number of nitrogens with one attached hydrogen (secondary N) is 2. The van der Waals surface area contributed by atoms with Gasteiger partial charge in [0, 0.05) is 5.39 Å². The van der Waals surface area contributed by atoms with Crippen LogP contribution >= 0.6 is 0 Å². The quantitative estimate of drug-likeness (QED) is 0.760. The fourth-order valence-electron chi connectivity index (χ4n) is 2.15. The monoisotopic (exact) mass is 285 g/mol. The van der Waals surface area contributed by atoms with Crippen molar-refractivity contribution in [2.45, 2.75) is 26.3 Å². The molecule has 0 saturated carbocycles. The Morgan fingerprint density at radius 3 is 3.00 bits per heavy atom. The lowest BCUT2D eigenvalue weighted by Gasteiger charge is -2.09. The zero-order valence-electron chi connectivity index (χ0n) is 11.8. The number of hydrogen-bond donors (Lipinski definition) is 2. The fourth-order valence-corrected chi connectivity index (χ4v) is 2.15. The molecule has 0 saturated heterocycles. The van der Waals surface area contributed by atoms with Gasteiger partial charge >= 0.3 is 0 Å². The molecule has 1 amide bonds. The molecule has 0 aliphatic heterocycles. The molecule has 2 N–H and O–H groups in total. The second-order valence-corrected chi connectivity index (χ2v) is 4.87. The number of hydrogen-bond acceptors (Lipinski definition) is 5. The Kier molecular flexibility index (Phi) is 3.39. The molecule has 0 fully saturated rings. The van der Waals surface area contributed by atoms with E-state index in [0.717, 1.165) is 16.6 Å². The van der Waals surface area contributed by atoms with Crippen molar-refractivity contribution in [3.05, 3.63) is 41.7 Å². The van der Waals surface area contributed by atoms with Gasteiger partial charge in [-0.15, -0.1) is 0 Å². The number of para-hydroxylation sites is 1. The number of H-pyrrole nitrogens is 1. The molecule has 7 nitrogen and oxygen atoms in total. The maximum Gasteiger partial charge on any atom is 0.248 e. The first kappa shape index (κ1) is 13.3. The summed E-state index contributed by atoms with van der Waals surface area (Å²) in [6.45, 7) is 3.54. The normalized spacial score (nSPS) is 12.5. The summed E-state index contributed by atoms with van der Waals surface area (Å²) in [6.07, 6.45) is 0.220. The highest BCUT2D eigenvalue weighted by Crippen LogP contribution is 2.16. The third-order valence-corrected chi connectivity index (χ3v) is 3.17. The number of nitrogens with zero attached hydrogens (tertiary/aromatic N) is 3. The number of benzene rings is 1. The largest absolute Gasteiger partial charge is 0.344 e. The summed E-state index contributed by atoms with van der Waals surface area (Å²) >= 11 is 0. The third kappa shape index (κ3) is 2.76. The Balaban J connectivity index is 1.69. The van der Waals surface area contributed by atoms with E-state index in [9.17, 15) is 4.79 Å². The van der Waals surface area contributed by atoms with Crippen molar-refractivity contribution in [1.82, 2.24) is 25.7 Å². The number of aromatic amines is 1. The molecule has 0 spiro atoms. The fraction of sp³-hybridized carbons (Fsp3) is 0.286. The second-order valence-electron chi connectivity index (χ2n) is 4.87. The van der Waals surface area contributed by atoms with Gasteiger partial charge in [0.15, 0.2) is 5.82 Å². The Hall–Kier alpha value is -2.70. The van der Waals surface area contributed by atoms with Crippen LogP contribution in [-0.2, 0) is 11.2 Å². The summed E-state index contributed by atoms with van der Waals surface area (Å²) in [5, 5.41) is 14.6. The Bertz CT molecular complexity index is 776. The summed E-state index contributed by atoms with van der Waals surface area (Å²) in [5.74, 6) is 0.814. The number of fused-ring (bicyclic) bond motifs is 1.